The molecular formula is C38H49N3O7. The zero-order chi connectivity index (χ0) is 35.1. The van der Waals surface area contributed by atoms with Gasteiger partial charge in [-0.1, -0.05) is 52.3 Å². The lowest BCUT2D eigenvalue weighted by molar-refractivity contribution is -0.124. The molecular weight excluding hydrogens is 610 g/mol. The van der Waals surface area contributed by atoms with E-state index in [4.69, 9.17) is 18.9 Å². The maximum Gasteiger partial charge on any atom is 0.243 e. The molecule has 0 unspecified atom stereocenters. The Morgan fingerprint density at radius 2 is 1.58 bits per heavy atom. The van der Waals surface area contributed by atoms with Crippen molar-refractivity contribution >= 4 is 17.5 Å². The molecule has 4 atom stereocenters. The molecule has 1 aliphatic carbocycles. The topological polar surface area (TPSA) is 124 Å². The van der Waals surface area contributed by atoms with E-state index in [0.717, 1.165) is 22.4 Å². The van der Waals surface area contributed by atoms with Gasteiger partial charge in [0.05, 0.1) is 46.2 Å². The molecule has 4 rings (SSSR count). The van der Waals surface area contributed by atoms with E-state index >= 15 is 0 Å². The predicted molar refractivity (Wildman–Crippen MR) is 188 cm³/mol. The van der Waals surface area contributed by atoms with Crippen LogP contribution < -0.4 is 40.3 Å². The Labute approximate surface area is 283 Å². The highest BCUT2D eigenvalue weighted by atomic mass is 16.5. The maximum atomic E-state index is 14.0. The van der Waals surface area contributed by atoms with E-state index in [-0.39, 0.29) is 40.8 Å². The lowest BCUT2D eigenvalue weighted by Gasteiger charge is -2.29. The molecule has 3 N–H and O–H groups in total. The maximum absolute atomic E-state index is 14.0. The first-order valence-corrected chi connectivity index (χ1v) is 16.5. The highest BCUT2D eigenvalue weighted by molar-refractivity contribution is 5.86. The molecule has 258 valence electrons. The highest BCUT2D eigenvalue weighted by Gasteiger charge is 2.31. The summed E-state index contributed by atoms with van der Waals surface area (Å²) in [7, 11) is 6.30. The van der Waals surface area contributed by atoms with Crippen LogP contribution in [0.25, 0.3) is 11.1 Å². The summed E-state index contributed by atoms with van der Waals surface area (Å²) in [5.74, 6) is 1.77. The van der Waals surface area contributed by atoms with Crippen LogP contribution in [-0.4, -0.2) is 46.3 Å². The lowest BCUT2D eigenvalue weighted by atomic mass is 9.93. The first kappa shape index (κ1) is 36.1. The summed E-state index contributed by atoms with van der Waals surface area (Å²) in [4.78, 5) is 40.4. The Morgan fingerprint density at radius 3 is 2.15 bits per heavy atom. The summed E-state index contributed by atoms with van der Waals surface area (Å²) in [6, 6.07) is 13.3. The Hall–Kier alpha value is -4.73. The smallest absolute Gasteiger partial charge is 0.243 e. The third-order valence-corrected chi connectivity index (χ3v) is 9.16. The van der Waals surface area contributed by atoms with Crippen LogP contribution in [-0.2, 0) is 16.0 Å². The Morgan fingerprint density at radius 1 is 0.896 bits per heavy atom. The Kier molecular flexibility index (Phi) is 12.0. The molecule has 0 saturated carbocycles. The van der Waals surface area contributed by atoms with Crippen LogP contribution >= 0.6 is 0 Å². The van der Waals surface area contributed by atoms with Crippen LogP contribution in [0.2, 0.25) is 0 Å². The van der Waals surface area contributed by atoms with Gasteiger partial charge in [0, 0.05) is 12.5 Å². The number of aryl methyl sites for hydroxylation is 1. The second-order valence-corrected chi connectivity index (χ2v) is 12.6. The average Bonchev–Trinajstić information content (AvgIpc) is 3.32. The van der Waals surface area contributed by atoms with Gasteiger partial charge < -0.3 is 34.9 Å². The summed E-state index contributed by atoms with van der Waals surface area (Å²) in [5, 5.41) is 9.59. The quantitative estimate of drug-likeness (QED) is 0.198. The number of carbonyl (C=O) groups is 2. The number of methoxy groups -OCH3 is 4. The molecule has 0 fully saturated rings. The second-order valence-electron chi connectivity index (χ2n) is 12.6. The molecule has 10 heteroatoms. The summed E-state index contributed by atoms with van der Waals surface area (Å²) in [6.07, 6.45) is 1.85. The van der Waals surface area contributed by atoms with Gasteiger partial charge in [-0.3, -0.25) is 14.4 Å². The first-order valence-electron chi connectivity index (χ1n) is 16.5. The van der Waals surface area contributed by atoms with Crippen LogP contribution in [0.1, 0.15) is 76.2 Å². The monoisotopic (exact) mass is 659 g/mol. The van der Waals surface area contributed by atoms with E-state index in [2.05, 4.69) is 29.8 Å². The number of hydrogen-bond acceptors (Lipinski definition) is 8. The van der Waals surface area contributed by atoms with E-state index < -0.39 is 12.1 Å². The minimum atomic E-state index is -0.693. The van der Waals surface area contributed by atoms with Crippen LogP contribution in [0, 0.1) is 11.8 Å². The van der Waals surface area contributed by atoms with Crippen molar-refractivity contribution < 1.29 is 28.5 Å². The minimum Gasteiger partial charge on any atom is -0.497 e. The fourth-order valence-electron chi connectivity index (χ4n) is 6.39. The third-order valence-electron chi connectivity index (χ3n) is 9.16. The Bertz CT molecular complexity index is 1670. The zero-order valence-corrected chi connectivity index (χ0v) is 29.5. The van der Waals surface area contributed by atoms with Gasteiger partial charge in [-0.05, 0) is 77.3 Å². The number of carbonyl (C=O) groups excluding carboxylic acids is 2. The third kappa shape index (κ3) is 7.69. The molecule has 0 aromatic heterocycles. The number of amides is 2. The lowest BCUT2D eigenvalue weighted by Crippen LogP contribution is -2.46. The number of rotatable bonds is 13. The highest BCUT2D eigenvalue weighted by Crippen LogP contribution is 2.50. The molecule has 0 saturated heterocycles. The molecule has 0 heterocycles. The fraction of sp³-hybridized carbons (Fsp3) is 0.447. The largest absolute Gasteiger partial charge is 0.497 e. The standard InChI is InChI=1S/C38H49N3O7/c1-10-22(4)35(38(44)41-34(21(2)3)24-11-14-26(45-6)15-12-24)40-30-18-16-27-28(20-31(30)43)29(39-23(5)42)17-13-25-19-32(46-7)36(47-8)37(48-9)33(25)27/h11-12,14-16,18-22,29,34-35H,10,13,17H2,1-9H3,(H,39,42)(H,40,43)(H,41,44)/t22-,29+,34-,35+/m1/s1. The van der Waals surface area contributed by atoms with E-state index in [9.17, 15) is 14.4 Å². The van der Waals surface area contributed by atoms with Gasteiger partial charge in [-0.2, -0.15) is 0 Å². The number of benzene rings is 2. The zero-order valence-electron chi connectivity index (χ0n) is 29.5. The summed E-state index contributed by atoms with van der Waals surface area (Å²) < 4.78 is 22.5. The average molecular weight is 660 g/mol. The minimum absolute atomic E-state index is 0.0962. The van der Waals surface area contributed by atoms with Gasteiger partial charge in [0.1, 0.15) is 11.8 Å². The summed E-state index contributed by atoms with van der Waals surface area (Å²) in [6.45, 7) is 9.59. The van der Waals surface area contributed by atoms with E-state index in [1.54, 1.807) is 40.6 Å². The van der Waals surface area contributed by atoms with Crippen molar-refractivity contribution in [2.45, 2.75) is 72.0 Å². The molecule has 10 nitrogen and oxygen atoms in total. The van der Waals surface area contributed by atoms with Gasteiger partial charge in [-0.15, -0.1) is 0 Å². The molecule has 1 aliphatic rings. The number of nitrogens with one attached hydrogen (secondary N) is 3. The molecule has 3 aromatic carbocycles. The van der Waals surface area contributed by atoms with Gasteiger partial charge in [0.25, 0.3) is 0 Å². The molecule has 0 bridgehead atoms. The van der Waals surface area contributed by atoms with Gasteiger partial charge >= 0.3 is 0 Å². The SMILES string of the molecule is CC[C@@H](C)[C@H](Nc1ccc2c(cc1=O)[C@@H](NC(C)=O)CCc1cc(OC)c(OC)c(OC)c1-2)C(=O)N[C@@H](c1ccc(OC)cc1)C(C)C. The summed E-state index contributed by atoms with van der Waals surface area (Å²) in [5.41, 5.74) is 3.99. The van der Waals surface area contributed by atoms with Crippen molar-refractivity contribution in [2.75, 3.05) is 33.8 Å². The normalized spacial score (nSPS) is 15.5. The summed E-state index contributed by atoms with van der Waals surface area (Å²) >= 11 is 0. The number of fused-ring (bicyclic) bond motifs is 3. The molecule has 48 heavy (non-hydrogen) atoms. The molecule has 0 aliphatic heterocycles. The van der Waals surface area contributed by atoms with E-state index in [1.807, 2.05) is 50.2 Å². The van der Waals surface area contributed by atoms with Crippen molar-refractivity contribution in [3.05, 3.63) is 75.4 Å². The molecule has 3 aromatic rings. The fourth-order valence-corrected chi connectivity index (χ4v) is 6.39. The Balaban J connectivity index is 1.81. The van der Waals surface area contributed by atoms with E-state index in [0.29, 0.717) is 47.6 Å². The van der Waals surface area contributed by atoms with Gasteiger partial charge in [-0.25, -0.2) is 0 Å². The molecule has 0 spiro atoms. The van der Waals surface area contributed by atoms with E-state index in [1.165, 1.54) is 6.92 Å². The second kappa shape index (κ2) is 15.9. The van der Waals surface area contributed by atoms with Crippen LogP contribution in [0.15, 0.2) is 53.3 Å². The van der Waals surface area contributed by atoms with Crippen LogP contribution in [0.4, 0.5) is 5.69 Å². The molecule has 0 radical (unpaired) electrons. The van der Waals surface area contributed by atoms with Crippen molar-refractivity contribution in [3.63, 3.8) is 0 Å². The van der Waals surface area contributed by atoms with Crippen LogP contribution in [0.5, 0.6) is 23.0 Å². The number of anilines is 1. The van der Waals surface area contributed by atoms with Gasteiger partial charge in [0.15, 0.2) is 11.5 Å². The van der Waals surface area contributed by atoms with Crippen molar-refractivity contribution in [1.82, 2.24) is 10.6 Å². The number of ether oxygens (including phenoxy) is 4. The number of hydrogen-bond donors (Lipinski definition) is 3. The molecule has 2 amide bonds. The van der Waals surface area contributed by atoms with Crippen molar-refractivity contribution in [3.8, 4) is 34.1 Å². The van der Waals surface area contributed by atoms with Crippen molar-refractivity contribution in [1.29, 1.82) is 0 Å². The predicted octanol–water partition coefficient (Wildman–Crippen LogP) is 6.21. The van der Waals surface area contributed by atoms with Crippen LogP contribution in [0.3, 0.4) is 0 Å². The first-order chi connectivity index (χ1) is 23.0. The van der Waals surface area contributed by atoms with Crippen molar-refractivity contribution in [2.24, 2.45) is 11.8 Å². The van der Waals surface area contributed by atoms with Gasteiger partial charge in [0.2, 0.25) is 23.0 Å².